The van der Waals surface area contributed by atoms with Crippen molar-refractivity contribution in [3.63, 3.8) is 0 Å². The molecule has 5 nitrogen and oxygen atoms in total. The molecule has 0 aliphatic carbocycles. The summed E-state index contributed by atoms with van der Waals surface area (Å²) in [5.41, 5.74) is 0.467. The van der Waals surface area contributed by atoms with Crippen LogP contribution in [0.25, 0.3) is 0 Å². The van der Waals surface area contributed by atoms with E-state index in [0.29, 0.717) is 11.4 Å². The molecule has 1 atom stereocenters. The van der Waals surface area contributed by atoms with Gasteiger partial charge in [-0.25, -0.2) is 0 Å². The van der Waals surface area contributed by atoms with Crippen molar-refractivity contribution < 1.29 is 4.52 Å². The zero-order valence-corrected chi connectivity index (χ0v) is 8.07. The van der Waals surface area contributed by atoms with Gasteiger partial charge in [-0.15, -0.1) is 0 Å². The molecule has 3 rings (SSSR count). The Hall–Kier alpha value is -1.10. The quantitative estimate of drug-likeness (QED) is 0.695. The third kappa shape index (κ3) is 1.19. The third-order valence-electron chi connectivity index (χ3n) is 3.39. The molecule has 0 amide bonds. The zero-order valence-electron chi connectivity index (χ0n) is 8.07. The van der Waals surface area contributed by atoms with E-state index in [-0.39, 0.29) is 0 Å². The molecule has 2 saturated heterocycles. The maximum Gasteiger partial charge on any atom is 0.323 e. The fourth-order valence-corrected chi connectivity index (χ4v) is 2.55. The standard InChI is InChI=1S/C9H14N4O/c1-3-10-5-9(1)2-4-13(6-9)8-11-7-12-14-8/h7,10H,1-6H2. The van der Waals surface area contributed by atoms with Crippen LogP contribution in [0.15, 0.2) is 10.9 Å². The summed E-state index contributed by atoms with van der Waals surface area (Å²) in [4.78, 5) is 6.27. The lowest BCUT2D eigenvalue weighted by Gasteiger charge is -2.21. The van der Waals surface area contributed by atoms with E-state index < -0.39 is 0 Å². The number of nitrogens with zero attached hydrogens (tertiary/aromatic N) is 3. The van der Waals surface area contributed by atoms with Gasteiger partial charge >= 0.3 is 6.01 Å². The minimum absolute atomic E-state index is 0.467. The van der Waals surface area contributed by atoms with E-state index in [9.17, 15) is 0 Å². The van der Waals surface area contributed by atoms with Gasteiger partial charge in [-0.05, 0) is 19.4 Å². The first-order valence-corrected chi connectivity index (χ1v) is 5.10. The van der Waals surface area contributed by atoms with Crippen molar-refractivity contribution in [3.8, 4) is 0 Å². The van der Waals surface area contributed by atoms with Crippen LogP contribution in [-0.2, 0) is 0 Å². The molecule has 14 heavy (non-hydrogen) atoms. The summed E-state index contributed by atoms with van der Waals surface area (Å²) in [5.74, 6) is 0. The third-order valence-corrected chi connectivity index (χ3v) is 3.39. The van der Waals surface area contributed by atoms with Crippen molar-refractivity contribution in [1.29, 1.82) is 0 Å². The molecule has 2 aliphatic rings. The highest BCUT2D eigenvalue weighted by molar-refractivity contribution is 5.28. The van der Waals surface area contributed by atoms with Crippen molar-refractivity contribution in [2.75, 3.05) is 31.1 Å². The second-order valence-corrected chi connectivity index (χ2v) is 4.32. The molecule has 0 bridgehead atoms. The Balaban J connectivity index is 1.75. The molecule has 1 unspecified atom stereocenters. The van der Waals surface area contributed by atoms with Crippen LogP contribution in [0.1, 0.15) is 12.8 Å². The zero-order chi connectivity index (χ0) is 9.43. The first-order valence-electron chi connectivity index (χ1n) is 5.10. The number of aromatic nitrogens is 2. The van der Waals surface area contributed by atoms with E-state index in [4.69, 9.17) is 4.52 Å². The molecular weight excluding hydrogens is 180 g/mol. The van der Waals surface area contributed by atoms with Gasteiger partial charge in [-0.2, -0.15) is 4.98 Å². The summed E-state index contributed by atoms with van der Waals surface area (Å²) < 4.78 is 5.06. The van der Waals surface area contributed by atoms with Gasteiger partial charge in [0.1, 0.15) is 0 Å². The molecule has 5 heteroatoms. The topological polar surface area (TPSA) is 54.2 Å². The Bertz CT molecular complexity index is 305. The lowest BCUT2D eigenvalue weighted by atomic mass is 9.87. The van der Waals surface area contributed by atoms with Crippen LogP contribution in [0, 0.1) is 5.41 Å². The van der Waals surface area contributed by atoms with Crippen LogP contribution >= 0.6 is 0 Å². The second kappa shape index (κ2) is 2.95. The largest absolute Gasteiger partial charge is 0.324 e. The number of hydrogen-bond acceptors (Lipinski definition) is 5. The first-order chi connectivity index (χ1) is 6.88. The van der Waals surface area contributed by atoms with E-state index in [1.807, 2.05) is 0 Å². The SMILES string of the molecule is c1noc(N2CCC3(CCNC3)C2)n1. The van der Waals surface area contributed by atoms with Gasteiger partial charge in [0.15, 0.2) is 6.33 Å². The fourth-order valence-electron chi connectivity index (χ4n) is 2.55. The minimum Gasteiger partial charge on any atom is -0.324 e. The molecule has 2 fully saturated rings. The van der Waals surface area contributed by atoms with Crippen molar-refractivity contribution in [2.45, 2.75) is 12.8 Å². The van der Waals surface area contributed by atoms with Crippen molar-refractivity contribution in [2.24, 2.45) is 5.41 Å². The smallest absolute Gasteiger partial charge is 0.323 e. The van der Waals surface area contributed by atoms with Crippen LogP contribution in [0.2, 0.25) is 0 Å². The van der Waals surface area contributed by atoms with Crippen LogP contribution in [0.5, 0.6) is 0 Å². The average Bonchev–Trinajstić information content (AvgIpc) is 2.91. The van der Waals surface area contributed by atoms with Gasteiger partial charge < -0.3 is 14.7 Å². The second-order valence-electron chi connectivity index (χ2n) is 4.32. The summed E-state index contributed by atoms with van der Waals surface area (Å²) in [6.07, 6.45) is 3.98. The average molecular weight is 194 g/mol. The van der Waals surface area contributed by atoms with Gasteiger partial charge in [0.25, 0.3) is 0 Å². The minimum atomic E-state index is 0.467. The summed E-state index contributed by atoms with van der Waals surface area (Å²) in [6, 6.07) is 0.675. The van der Waals surface area contributed by atoms with E-state index in [1.165, 1.54) is 19.2 Å². The molecule has 0 saturated carbocycles. The monoisotopic (exact) mass is 194 g/mol. The molecule has 0 aromatic carbocycles. The highest BCUT2D eigenvalue weighted by Gasteiger charge is 2.41. The van der Waals surface area contributed by atoms with Crippen LogP contribution in [-0.4, -0.2) is 36.3 Å². The lowest BCUT2D eigenvalue weighted by molar-refractivity contribution is 0.363. The first kappa shape index (κ1) is 8.23. The van der Waals surface area contributed by atoms with E-state index in [2.05, 4.69) is 20.4 Å². The van der Waals surface area contributed by atoms with Crippen molar-refractivity contribution >= 4 is 6.01 Å². The molecule has 1 aromatic heterocycles. The van der Waals surface area contributed by atoms with Gasteiger partial charge in [0.05, 0.1) is 0 Å². The molecule has 76 valence electrons. The number of anilines is 1. The number of rotatable bonds is 1. The summed E-state index contributed by atoms with van der Waals surface area (Å²) in [5, 5.41) is 7.07. The Labute approximate surface area is 82.5 Å². The highest BCUT2D eigenvalue weighted by Crippen LogP contribution is 2.37. The molecule has 0 radical (unpaired) electrons. The highest BCUT2D eigenvalue weighted by atomic mass is 16.5. The van der Waals surface area contributed by atoms with Crippen LogP contribution in [0.4, 0.5) is 6.01 Å². The number of nitrogens with one attached hydrogen (secondary N) is 1. The van der Waals surface area contributed by atoms with Gasteiger partial charge in [-0.3, -0.25) is 0 Å². The Morgan fingerprint density at radius 1 is 1.50 bits per heavy atom. The van der Waals surface area contributed by atoms with E-state index >= 15 is 0 Å². The lowest BCUT2D eigenvalue weighted by Crippen LogP contribution is -2.29. The normalized spacial score (nSPS) is 31.9. The number of hydrogen-bond donors (Lipinski definition) is 1. The predicted molar refractivity (Wildman–Crippen MR) is 51.0 cm³/mol. The molecular formula is C9H14N4O. The molecule has 2 aliphatic heterocycles. The van der Waals surface area contributed by atoms with Crippen molar-refractivity contribution in [3.05, 3.63) is 6.33 Å². The predicted octanol–water partition coefficient (Wildman–Crippen LogP) is 0.259. The Morgan fingerprint density at radius 3 is 3.21 bits per heavy atom. The van der Waals surface area contributed by atoms with Crippen LogP contribution in [0.3, 0.4) is 0 Å². The molecule has 1 N–H and O–H groups in total. The van der Waals surface area contributed by atoms with E-state index in [1.54, 1.807) is 0 Å². The maximum absolute atomic E-state index is 5.06. The fraction of sp³-hybridized carbons (Fsp3) is 0.778. The van der Waals surface area contributed by atoms with Crippen LogP contribution < -0.4 is 10.2 Å². The molecule has 1 spiro atoms. The van der Waals surface area contributed by atoms with E-state index in [0.717, 1.165) is 26.2 Å². The van der Waals surface area contributed by atoms with Crippen molar-refractivity contribution in [1.82, 2.24) is 15.5 Å². The van der Waals surface area contributed by atoms with Gasteiger partial charge in [0.2, 0.25) is 0 Å². The molecule has 3 heterocycles. The summed E-state index contributed by atoms with van der Waals surface area (Å²) >= 11 is 0. The summed E-state index contributed by atoms with van der Waals surface area (Å²) in [7, 11) is 0. The van der Waals surface area contributed by atoms with Gasteiger partial charge in [0, 0.05) is 25.0 Å². The Morgan fingerprint density at radius 2 is 2.50 bits per heavy atom. The Kier molecular flexibility index (Phi) is 1.73. The maximum atomic E-state index is 5.06. The molecule has 1 aromatic rings. The van der Waals surface area contributed by atoms with Gasteiger partial charge in [-0.1, -0.05) is 5.16 Å². The summed E-state index contributed by atoms with van der Waals surface area (Å²) in [6.45, 7) is 4.39.